The molecule has 0 aliphatic rings. The van der Waals surface area contributed by atoms with Crippen LogP contribution >= 0.6 is 0 Å². The van der Waals surface area contributed by atoms with Gasteiger partial charge in [-0.3, -0.25) is 4.68 Å². The first-order chi connectivity index (χ1) is 10.6. The molecule has 1 aromatic rings. The van der Waals surface area contributed by atoms with Gasteiger partial charge in [-0.25, -0.2) is 0 Å². The molecule has 0 radical (unpaired) electrons. The fourth-order valence-corrected chi connectivity index (χ4v) is 3.38. The van der Waals surface area contributed by atoms with Gasteiger partial charge in [-0.05, 0) is 23.8 Å². The molecule has 0 aliphatic carbocycles. The number of aromatic nitrogens is 2. The van der Waals surface area contributed by atoms with Crippen LogP contribution in [0.4, 0.5) is 0 Å². The minimum atomic E-state index is 0.326. The summed E-state index contributed by atoms with van der Waals surface area (Å²) in [4.78, 5) is 0. The second-order valence-corrected chi connectivity index (χ2v) is 7.29. The summed E-state index contributed by atoms with van der Waals surface area (Å²) in [5.41, 5.74) is 1.77. The summed E-state index contributed by atoms with van der Waals surface area (Å²) in [5, 5.41) is 4.41. The molecule has 0 N–H and O–H groups in total. The first-order valence-electron chi connectivity index (χ1n) is 9.61. The third kappa shape index (κ3) is 6.98. The van der Waals surface area contributed by atoms with Crippen molar-refractivity contribution >= 4 is 0 Å². The molecule has 0 aliphatic heterocycles. The number of unbranched alkanes of at least 4 members (excludes halogenated alkanes) is 8. The van der Waals surface area contributed by atoms with Crippen LogP contribution < -0.4 is 0 Å². The highest BCUT2D eigenvalue weighted by Gasteiger charge is 2.26. The Labute approximate surface area is 138 Å². The summed E-state index contributed by atoms with van der Waals surface area (Å²) >= 11 is 0. The Kier molecular flexibility index (Phi) is 9.50. The highest BCUT2D eigenvalue weighted by molar-refractivity contribution is 5.18. The average molecular weight is 307 g/mol. The van der Waals surface area contributed by atoms with Gasteiger partial charge in [0.05, 0.1) is 6.20 Å². The van der Waals surface area contributed by atoms with Crippen molar-refractivity contribution in [1.29, 1.82) is 0 Å². The molecular weight excluding hydrogens is 268 g/mol. The van der Waals surface area contributed by atoms with Gasteiger partial charge < -0.3 is 0 Å². The first-order valence-corrected chi connectivity index (χ1v) is 9.61. The van der Waals surface area contributed by atoms with Crippen LogP contribution in [0.1, 0.15) is 103 Å². The summed E-state index contributed by atoms with van der Waals surface area (Å²) in [6.07, 6.45) is 20.7. The molecule has 0 amide bonds. The Hall–Kier alpha value is -0.790. The van der Waals surface area contributed by atoms with Crippen molar-refractivity contribution in [3.63, 3.8) is 0 Å². The summed E-state index contributed by atoms with van der Waals surface area (Å²) in [7, 11) is 2.03. The molecule has 2 nitrogen and oxygen atoms in total. The van der Waals surface area contributed by atoms with Crippen LogP contribution in [-0.4, -0.2) is 9.78 Å². The Morgan fingerprint density at radius 2 is 1.36 bits per heavy atom. The van der Waals surface area contributed by atoms with E-state index >= 15 is 0 Å². The Morgan fingerprint density at radius 3 is 1.77 bits per heavy atom. The monoisotopic (exact) mass is 306 g/mol. The van der Waals surface area contributed by atoms with Gasteiger partial charge in [0.1, 0.15) is 0 Å². The van der Waals surface area contributed by atoms with Crippen molar-refractivity contribution in [2.24, 2.45) is 7.05 Å². The largest absolute Gasteiger partial charge is 0.276 e. The summed E-state index contributed by atoms with van der Waals surface area (Å²) in [5.74, 6) is 0. The van der Waals surface area contributed by atoms with Crippen molar-refractivity contribution in [3.05, 3.63) is 18.0 Å². The lowest BCUT2D eigenvalue weighted by Crippen LogP contribution is -2.21. The molecule has 0 spiro atoms. The smallest absolute Gasteiger partial charge is 0.0527 e. The summed E-state index contributed by atoms with van der Waals surface area (Å²) in [6.45, 7) is 7.04. The van der Waals surface area contributed by atoms with E-state index in [1.54, 1.807) is 0 Å². The lowest BCUT2D eigenvalue weighted by Gasteiger charge is -2.29. The normalized spacial score (nSPS) is 12.0. The average Bonchev–Trinajstić information content (AvgIpc) is 2.94. The van der Waals surface area contributed by atoms with Crippen LogP contribution in [0, 0.1) is 0 Å². The topological polar surface area (TPSA) is 17.8 Å². The summed E-state index contributed by atoms with van der Waals surface area (Å²) < 4.78 is 1.96. The first kappa shape index (κ1) is 19.3. The predicted molar refractivity (Wildman–Crippen MR) is 97.3 cm³/mol. The predicted octanol–water partition coefficient (Wildman–Crippen LogP) is 6.40. The third-order valence-corrected chi connectivity index (χ3v) is 5.07. The van der Waals surface area contributed by atoms with E-state index in [0.29, 0.717) is 5.41 Å². The second-order valence-electron chi connectivity index (χ2n) is 7.29. The van der Waals surface area contributed by atoms with Gasteiger partial charge in [-0.2, -0.15) is 5.10 Å². The molecule has 0 atom stereocenters. The van der Waals surface area contributed by atoms with Crippen LogP contribution in [0.2, 0.25) is 0 Å². The Balaban J connectivity index is 2.49. The minimum Gasteiger partial charge on any atom is -0.276 e. The van der Waals surface area contributed by atoms with E-state index in [-0.39, 0.29) is 0 Å². The molecule has 1 aromatic heterocycles. The molecule has 0 saturated heterocycles. The molecular formula is C20H38N2. The van der Waals surface area contributed by atoms with Gasteiger partial charge in [0.2, 0.25) is 0 Å². The highest BCUT2D eigenvalue weighted by atomic mass is 15.2. The van der Waals surface area contributed by atoms with E-state index in [1.165, 1.54) is 82.6 Å². The third-order valence-electron chi connectivity index (χ3n) is 5.07. The van der Waals surface area contributed by atoms with Crippen LogP contribution in [0.15, 0.2) is 12.4 Å². The molecule has 2 heteroatoms. The van der Waals surface area contributed by atoms with Crippen LogP contribution in [0.5, 0.6) is 0 Å². The van der Waals surface area contributed by atoms with Crippen molar-refractivity contribution in [1.82, 2.24) is 9.78 Å². The van der Waals surface area contributed by atoms with Crippen LogP contribution in [-0.2, 0) is 12.5 Å². The van der Waals surface area contributed by atoms with E-state index in [1.807, 2.05) is 11.7 Å². The minimum absolute atomic E-state index is 0.326. The fraction of sp³-hybridized carbons (Fsp3) is 0.850. The Morgan fingerprint density at radius 1 is 0.864 bits per heavy atom. The molecule has 1 rings (SSSR count). The van der Waals surface area contributed by atoms with Crippen LogP contribution in [0.25, 0.3) is 0 Å². The number of nitrogens with zero attached hydrogens (tertiary/aromatic N) is 2. The van der Waals surface area contributed by atoms with Crippen molar-refractivity contribution in [2.75, 3.05) is 0 Å². The van der Waals surface area contributed by atoms with E-state index in [0.717, 1.165) is 0 Å². The molecule has 0 fully saturated rings. The van der Waals surface area contributed by atoms with Crippen molar-refractivity contribution in [3.8, 4) is 0 Å². The second kappa shape index (κ2) is 10.9. The van der Waals surface area contributed by atoms with Crippen molar-refractivity contribution < 1.29 is 0 Å². The zero-order valence-electron chi connectivity index (χ0n) is 15.5. The van der Waals surface area contributed by atoms with Gasteiger partial charge in [0, 0.05) is 13.2 Å². The molecule has 22 heavy (non-hydrogen) atoms. The van der Waals surface area contributed by atoms with Gasteiger partial charge in [-0.15, -0.1) is 0 Å². The van der Waals surface area contributed by atoms with Gasteiger partial charge in [0.25, 0.3) is 0 Å². The van der Waals surface area contributed by atoms with Gasteiger partial charge in [-0.1, -0.05) is 85.0 Å². The maximum atomic E-state index is 4.41. The quantitative estimate of drug-likeness (QED) is 0.386. The lowest BCUT2D eigenvalue weighted by molar-refractivity contribution is 0.362. The molecule has 0 bridgehead atoms. The standard InChI is InChI=1S/C20H38N2/c1-5-7-9-11-13-15-20(3,16-14-12-10-8-6-2)19-17-21-22(4)18-19/h17-18H,5-16H2,1-4H3. The zero-order chi connectivity index (χ0) is 16.3. The number of aryl methyl sites for hydroxylation is 1. The van der Waals surface area contributed by atoms with Crippen molar-refractivity contribution in [2.45, 2.75) is 103 Å². The maximum absolute atomic E-state index is 4.41. The SMILES string of the molecule is CCCCCCCC(C)(CCCCCCC)c1cnn(C)c1. The van der Waals surface area contributed by atoms with E-state index in [4.69, 9.17) is 0 Å². The fourth-order valence-electron chi connectivity index (χ4n) is 3.38. The molecule has 0 saturated carbocycles. The van der Waals surface area contributed by atoms with E-state index in [2.05, 4.69) is 38.3 Å². The highest BCUT2D eigenvalue weighted by Crippen LogP contribution is 2.35. The molecule has 128 valence electrons. The van der Waals surface area contributed by atoms with E-state index < -0.39 is 0 Å². The maximum Gasteiger partial charge on any atom is 0.0527 e. The molecule has 0 unspecified atom stereocenters. The zero-order valence-corrected chi connectivity index (χ0v) is 15.5. The lowest BCUT2D eigenvalue weighted by atomic mass is 9.75. The van der Waals surface area contributed by atoms with E-state index in [9.17, 15) is 0 Å². The molecule has 1 heterocycles. The van der Waals surface area contributed by atoms with Gasteiger partial charge >= 0.3 is 0 Å². The Bertz CT molecular complexity index is 367. The molecule has 0 aromatic carbocycles. The number of rotatable bonds is 13. The summed E-state index contributed by atoms with van der Waals surface area (Å²) in [6, 6.07) is 0. The van der Waals surface area contributed by atoms with Gasteiger partial charge in [0.15, 0.2) is 0 Å². The number of hydrogen-bond donors (Lipinski definition) is 0. The van der Waals surface area contributed by atoms with Crippen LogP contribution in [0.3, 0.4) is 0 Å². The number of hydrogen-bond acceptors (Lipinski definition) is 1.